The van der Waals surface area contributed by atoms with E-state index in [-0.39, 0.29) is 5.69 Å². The zero-order valence-electron chi connectivity index (χ0n) is 9.27. The Kier molecular flexibility index (Phi) is 3.88. The van der Waals surface area contributed by atoms with Gasteiger partial charge in [-0.25, -0.2) is 4.79 Å². The quantitative estimate of drug-likeness (QED) is 0.432. The monoisotopic (exact) mass is 211 g/mol. The van der Waals surface area contributed by atoms with Crippen LogP contribution in [0.25, 0.3) is 0 Å². The van der Waals surface area contributed by atoms with Crippen molar-refractivity contribution in [2.45, 2.75) is 27.3 Å². The van der Waals surface area contributed by atoms with E-state index in [0.717, 1.165) is 23.4 Å². The number of hydrogen-bond donors (Lipinski definition) is 4. The van der Waals surface area contributed by atoms with Crippen LogP contribution in [0.2, 0.25) is 0 Å². The van der Waals surface area contributed by atoms with Crippen LogP contribution in [0.3, 0.4) is 0 Å². The van der Waals surface area contributed by atoms with E-state index in [1.807, 2.05) is 20.8 Å². The van der Waals surface area contributed by atoms with Crippen molar-refractivity contribution in [2.75, 3.05) is 6.54 Å². The molecule has 1 rings (SSSR count). The van der Waals surface area contributed by atoms with Crippen LogP contribution < -0.4 is 10.9 Å². The van der Waals surface area contributed by atoms with Crippen molar-refractivity contribution in [2.24, 2.45) is 0 Å². The Morgan fingerprint density at radius 2 is 2.07 bits per heavy atom. The number of hydrazine groups is 1. The number of carboxylic acid groups (broad SMARTS) is 1. The van der Waals surface area contributed by atoms with Gasteiger partial charge in [-0.2, -0.15) is 0 Å². The molecule has 1 aromatic rings. The number of H-pyrrole nitrogens is 1. The molecule has 0 spiro atoms. The first-order valence-corrected chi connectivity index (χ1v) is 4.95. The second-order valence-corrected chi connectivity index (χ2v) is 3.42. The van der Waals surface area contributed by atoms with Crippen molar-refractivity contribution in [1.29, 1.82) is 0 Å². The summed E-state index contributed by atoms with van der Waals surface area (Å²) in [4.78, 5) is 13.7. The van der Waals surface area contributed by atoms with E-state index >= 15 is 0 Å². The second-order valence-electron chi connectivity index (χ2n) is 3.42. The van der Waals surface area contributed by atoms with Gasteiger partial charge < -0.3 is 10.1 Å². The molecular formula is C10H17N3O2. The highest BCUT2D eigenvalue weighted by atomic mass is 16.4. The summed E-state index contributed by atoms with van der Waals surface area (Å²) in [6.07, 6.45) is 0. The standard InChI is InChI=1S/C10H17N3O2/c1-4-11-12-5-8-6(2)9(10(14)15)13-7(8)3/h11-13H,4-5H2,1-3H3,(H,14,15). The van der Waals surface area contributed by atoms with Crippen LogP contribution in [0, 0.1) is 13.8 Å². The fourth-order valence-corrected chi connectivity index (χ4v) is 1.54. The summed E-state index contributed by atoms with van der Waals surface area (Å²) in [7, 11) is 0. The zero-order valence-corrected chi connectivity index (χ0v) is 9.27. The average Bonchev–Trinajstić information content (AvgIpc) is 2.45. The maximum absolute atomic E-state index is 10.9. The third kappa shape index (κ3) is 2.57. The summed E-state index contributed by atoms with van der Waals surface area (Å²) in [5.41, 5.74) is 8.98. The minimum absolute atomic E-state index is 0.279. The number of aromatic amines is 1. The van der Waals surface area contributed by atoms with Crippen molar-refractivity contribution in [1.82, 2.24) is 15.8 Å². The van der Waals surface area contributed by atoms with E-state index in [1.54, 1.807) is 0 Å². The number of aromatic carboxylic acids is 1. The van der Waals surface area contributed by atoms with Crippen molar-refractivity contribution in [3.05, 3.63) is 22.5 Å². The number of aromatic nitrogens is 1. The van der Waals surface area contributed by atoms with Gasteiger partial charge in [-0.3, -0.25) is 10.9 Å². The zero-order chi connectivity index (χ0) is 11.4. The molecule has 0 saturated carbocycles. The summed E-state index contributed by atoms with van der Waals surface area (Å²) in [6, 6.07) is 0. The molecule has 0 aliphatic carbocycles. The lowest BCUT2D eigenvalue weighted by Crippen LogP contribution is -2.30. The molecule has 0 atom stereocenters. The van der Waals surface area contributed by atoms with Crippen molar-refractivity contribution >= 4 is 5.97 Å². The van der Waals surface area contributed by atoms with Gasteiger partial charge in [0.2, 0.25) is 0 Å². The molecule has 0 aliphatic heterocycles. The van der Waals surface area contributed by atoms with E-state index in [4.69, 9.17) is 5.11 Å². The fourth-order valence-electron chi connectivity index (χ4n) is 1.54. The lowest BCUT2D eigenvalue weighted by atomic mass is 10.1. The number of hydrogen-bond acceptors (Lipinski definition) is 3. The van der Waals surface area contributed by atoms with E-state index < -0.39 is 5.97 Å². The maximum Gasteiger partial charge on any atom is 0.352 e. The van der Waals surface area contributed by atoms with Gasteiger partial charge in [-0.05, 0) is 25.0 Å². The summed E-state index contributed by atoms with van der Waals surface area (Å²) in [5.74, 6) is -0.912. The van der Waals surface area contributed by atoms with Crippen LogP contribution in [0.4, 0.5) is 0 Å². The molecule has 5 nitrogen and oxygen atoms in total. The van der Waals surface area contributed by atoms with E-state index in [2.05, 4.69) is 15.8 Å². The first-order chi connectivity index (χ1) is 7.07. The summed E-state index contributed by atoms with van der Waals surface area (Å²) in [6.45, 7) is 7.13. The molecule has 84 valence electrons. The number of nitrogens with one attached hydrogen (secondary N) is 3. The van der Waals surface area contributed by atoms with Crippen LogP contribution in [0.1, 0.15) is 34.2 Å². The smallest absolute Gasteiger partial charge is 0.352 e. The molecule has 0 radical (unpaired) electrons. The third-order valence-electron chi connectivity index (χ3n) is 2.37. The molecule has 4 N–H and O–H groups in total. The van der Waals surface area contributed by atoms with Gasteiger partial charge in [0.25, 0.3) is 0 Å². The molecule has 15 heavy (non-hydrogen) atoms. The Balaban J connectivity index is 2.83. The van der Waals surface area contributed by atoms with Crippen molar-refractivity contribution in [3.8, 4) is 0 Å². The summed E-state index contributed by atoms with van der Waals surface area (Å²) < 4.78 is 0. The molecule has 0 fully saturated rings. The Labute approximate surface area is 88.9 Å². The van der Waals surface area contributed by atoms with Gasteiger partial charge in [0.15, 0.2) is 0 Å². The van der Waals surface area contributed by atoms with Crippen molar-refractivity contribution < 1.29 is 9.90 Å². The molecule has 0 bridgehead atoms. The largest absolute Gasteiger partial charge is 0.477 e. The van der Waals surface area contributed by atoms with Crippen LogP contribution in [-0.2, 0) is 6.54 Å². The van der Waals surface area contributed by atoms with E-state index in [9.17, 15) is 4.79 Å². The number of rotatable bonds is 5. The van der Waals surface area contributed by atoms with Crippen LogP contribution in [0.15, 0.2) is 0 Å². The summed E-state index contributed by atoms with van der Waals surface area (Å²) >= 11 is 0. The Hall–Kier alpha value is -1.33. The Bertz CT molecular complexity index is 358. The van der Waals surface area contributed by atoms with E-state index in [0.29, 0.717) is 6.54 Å². The average molecular weight is 211 g/mol. The van der Waals surface area contributed by atoms with Crippen molar-refractivity contribution in [3.63, 3.8) is 0 Å². The van der Waals surface area contributed by atoms with Crippen LogP contribution >= 0.6 is 0 Å². The first kappa shape index (κ1) is 11.7. The Morgan fingerprint density at radius 3 is 2.53 bits per heavy atom. The first-order valence-electron chi connectivity index (χ1n) is 4.95. The molecule has 1 aromatic heterocycles. The predicted molar refractivity (Wildman–Crippen MR) is 57.7 cm³/mol. The van der Waals surface area contributed by atoms with Gasteiger partial charge in [-0.15, -0.1) is 0 Å². The molecule has 0 unspecified atom stereocenters. The molecule has 1 heterocycles. The van der Waals surface area contributed by atoms with Crippen LogP contribution in [0.5, 0.6) is 0 Å². The third-order valence-corrected chi connectivity index (χ3v) is 2.37. The van der Waals surface area contributed by atoms with Gasteiger partial charge in [-0.1, -0.05) is 6.92 Å². The summed E-state index contributed by atoms with van der Waals surface area (Å²) in [5, 5.41) is 8.91. The topological polar surface area (TPSA) is 77.1 Å². The Morgan fingerprint density at radius 1 is 1.40 bits per heavy atom. The molecular weight excluding hydrogens is 194 g/mol. The van der Waals surface area contributed by atoms with Gasteiger partial charge in [0, 0.05) is 18.8 Å². The molecule has 0 saturated heterocycles. The normalized spacial score (nSPS) is 10.6. The van der Waals surface area contributed by atoms with Gasteiger partial charge in [0.05, 0.1) is 0 Å². The highest BCUT2D eigenvalue weighted by Gasteiger charge is 2.15. The highest BCUT2D eigenvalue weighted by Crippen LogP contribution is 2.17. The molecule has 5 heteroatoms. The van der Waals surface area contributed by atoms with E-state index in [1.165, 1.54) is 0 Å². The molecule has 0 aromatic carbocycles. The number of aryl methyl sites for hydroxylation is 1. The lowest BCUT2D eigenvalue weighted by molar-refractivity contribution is 0.0690. The SMILES string of the molecule is CCNNCc1c(C)[nH]c(C(=O)O)c1C. The van der Waals surface area contributed by atoms with Crippen LogP contribution in [-0.4, -0.2) is 22.6 Å². The highest BCUT2D eigenvalue weighted by molar-refractivity contribution is 5.88. The predicted octanol–water partition coefficient (Wildman–Crippen LogP) is 0.944. The number of carbonyl (C=O) groups is 1. The fraction of sp³-hybridized carbons (Fsp3) is 0.500. The minimum Gasteiger partial charge on any atom is -0.477 e. The second kappa shape index (κ2) is 4.95. The molecule has 0 amide bonds. The van der Waals surface area contributed by atoms with Gasteiger partial charge >= 0.3 is 5.97 Å². The molecule has 0 aliphatic rings. The number of carboxylic acids is 1. The lowest BCUT2D eigenvalue weighted by Gasteiger charge is -2.05. The minimum atomic E-state index is -0.912. The maximum atomic E-state index is 10.9. The van der Waals surface area contributed by atoms with Gasteiger partial charge in [0.1, 0.15) is 5.69 Å².